The zero-order valence-corrected chi connectivity index (χ0v) is 15.7. The van der Waals surface area contributed by atoms with Gasteiger partial charge in [0.1, 0.15) is 6.61 Å². The SMILES string of the molecule is COC(=O)C(O)[C@H]1CCCN1C(=O)OCC1c2ccccc2-c2ccccc21. The fourth-order valence-corrected chi connectivity index (χ4v) is 4.30. The van der Waals surface area contributed by atoms with Gasteiger partial charge in [-0.1, -0.05) is 48.5 Å². The average Bonchev–Trinajstić information content (AvgIpc) is 3.34. The van der Waals surface area contributed by atoms with E-state index in [2.05, 4.69) is 29.0 Å². The summed E-state index contributed by atoms with van der Waals surface area (Å²) in [6, 6.07) is 15.7. The summed E-state index contributed by atoms with van der Waals surface area (Å²) in [5, 5.41) is 10.2. The van der Waals surface area contributed by atoms with Gasteiger partial charge in [-0.05, 0) is 35.1 Å². The molecular formula is C22H23NO5. The predicted molar refractivity (Wildman–Crippen MR) is 103 cm³/mol. The van der Waals surface area contributed by atoms with Crippen molar-refractivity contribution in [3.8, 4) is 11.1 Å². The first kappa shape index (κ1) is 18.5. The number of methoxy groups -OCH3 is 1. The number of hydrogen-bond donors (Lipinski definition) is 1. The molecule has 6 nitrogen and oxygen atoms in total. The maximum absolute atomic E-state index is 12.7. The maximum atomic E-state index is 12.7. The molecule has 1 N–H and O–H groups in total. The van der Waals surface area contributed by atoms with E-state index in [4.69, 9.17) is 4.74 Å². The largest absolute Gasteiger partial charge is 0.467 e. The quantitative estimate of drug-likeness (QED) is 0.824. The number of aliphatic hydroxyl groups is 1. The number of nitrogens with zero attached hydrogens (tertiary/aromatic N) is 1. The number of carbonyl (C=O) groups is 2. The first-order chi connectivity index (χ1) is 13.6. The second-order valence-corrected chi connectivity index (χ2v) is 7.17. The Morgan fingerprint density at radius 3 is 2.32 bits per heavy atom. The first-order valence-corrected chi connectivity index (χ1v) is 9.49. The van der Waals surface area contributed by atoms with Crippen LogP contribution in [0.3, 0.4) is 0 Å². The third-order valence-corrected chi connectivity index (χ3v) is 5.68. The van der Waals surface area contributed by atoms with Crippen molar-refractivity contribution in [3.63, 3.8) is 0 Å². The van der Waals surface area contributed by atoms with Crippen LogP contribution in [0.15, 0.2) is 48.5 Å². The van der Waals surface area contributed by atoms with Crippen LogP contribution >= 0.6 is 0 Å². The van der Waals surface area contributed by atoms with Crippen LogP contribution in [0.5, 0.6) is 0 Å². The number of benzene rings is 2. The van der Waals surface area contributed by atoms with E-state index in [1.165, 1.54) is 23.1 Å². The summed E-state index contributed by atoms with van der Waals surface area (Å²) in [4.78, 5) is 25.8. The van der Waals surface area contributed by atoms with Gasteiger partial charge < -0.3 is 19.5 Å². The highest BCUT2D eigenvalue weighted by atomic mass is 16.6. The molecule has 1 aliphatic heterocycles. The lowest BCUT2D eigenvalue weighted by Crippen LogP contribution is -2.46. The van der Waals surface area contributed by atoms with Crippen LogP contribution < -0.4 is 0 Å². The molecule has 0 spiro atoms. The number of carbonyl (C=O) groups excluding carboxylic acids is 2. The molecule has 1 amide bonds. The van der Waals surface area contributed by atoms with E-state index in [0.29, 0.717) is 19.4 Å². The number of likely N-dealkylation sites (tertiary alicyclic amines) is 1. The molecule has 146 valence electrons. The molecule has 2 aliphatic rings. The molecule has 2 aromatic carbocycles. The summed E-state index contributed by atoms with van der Waals surface area (Å²) in [7, 11) is 1.22. The Morgan fingerprint density at radius 2 is 1.71 bits per heavy atom. The smallest absolute Gasteiger partial charge is 0.410 e. The number of ether oxygens (including phenoxy) is 2. The van der Waals surface area contributed by atoms with Crippen LogP contribution in [-0.4, -0.2) is 54.5 Å². The lowest BCUT2D eigenvalue weighted by atomic mass is 9.98. The van der Waals surface area contributed by atoms with E-state index in [9.17, 15) is 14.7 Å². The van der Waals surface area contributed by atoms with Gasteiger partial charge in [-0.3, -0.25) is 0 Å². The Bertz CT molecular complexity index is 851. The molecule has 1 unspecified atom stereocenters. The lowest BCUT2D eigenvalue weighted by Gasteiger charge is -2.27. The molecule has 6 heteroatoms. The summed E-state index contributed by atoms with van der Waals surface area (Å²) >= 11 is 0. The van der Waals surface area contributed by atoms with Gasteiger partial charge in [-0.2, -0.15) is 0 Å². The van der Waals surface area contributed by atoms with Gasteiger partial charge in [-0.15, -0.1) is 0 Å². The van der Waals surface area contributed by atoms with E-state index in [0.717, 1.165) is 11.1 Å². The number of aliphatic hydroxyl groups excluding tert-OH is 1. The second kappa shape index (κ2) is 7.64. The zero-order valence-electron chi connectivity index (χ0n) is 15.7. The number of rotatable bonds is 4. The van der Waals surface area contributed by atoms with Crippen molar-refractivity contribution in [2.75, 3.05) is 20.3 Å². The van der Waals surface area contributed by atoms with Gasteiger partial charge in [0.15, 0.2) is 6.10 Å². The molecular weight excluding hydrogens is 358 g/mol. The van der Waals surface area contributed by atoms with Crippen LogP contribution in [0, 0.1) is 0 Å². The molecule has 1 aliphatic carbocycles. The van der Waals surface area contributed by atoms with E-state index in [1.807, 2.05) is 24.3 Å². The van der Waals surface area contributed by atoms with Crippen LogP contribution in [0.25, 0.3) is 11.1 Å². The minimum atomic E-state index is -1.35. The topological polar surface area (TPSA) is 76.1 Å². The molecule has 0 radical (unpaired) electrons. The summed E-state index contributed by atoms with van der Waals surface area (Å²) in [5.74, 6) is -0.758. The summed E-state index contributed by atoms with van der Waals surface area (Å²) in [6.07, 6.45) is -0.607. The van der Waals surface area contributed by atoms with E-state index < -0.39 is 24.2 Å². The molecule has 2 aromatic rings. The lowest BCUT2D eigenvalue weighted by molar-refractivity contribution is -0.153. The van der Waals surface area contributed by atoms with Gasteiger partial charge in [0.05, 0.1) is 13.2 Å². The van der Waals surface area contributed by atoms with Gasteiger partial charge in [0, 0.05) is 12.5 Å². The van der Waals surface area contributed by atoms with Crippen molar-refractivity contribution in [2.24, 2.45) is 0 Å². The van der Waals surface area contributed by atoms with Gasteiger partial charge in [0.2, 0.25) is 0 Å². The van der Waals surface area contributed by atoms with E-state index in [1.54, 1.807) is 0 Å². The number of esters is 1. The van der Waals surface area contributed by atoms with Gasteiger partial charge >= 0.3 is 12.1 Å². The Kier molecular flexibility index (Phi) is 5.05. The zero-order chi connectivity index (χ0) is 19.7. The standard InChI is InChI=1S/C22H23NO5/c1-27-21(25)20(24)19-11-6-12-23(19)22(26)28-13-18-16-9-4-2-7-14(16)15-8-3-5-10-17(15)18/h2-5,7-10,18-20,24H,6,11-13H2,1H3/t19-,20?/m1/s1. The van der Waals surface area contributed by atoms with Gasteiger partial charge in [-0.25, -0.2) is 9.59 Å². The van der Waals surface area contributed by atoms with Crippen LogP contribution in [0.4, 0.5) is 4.79 Å². The second-order valence-electron chi connectivity index (χ2n) is 7.17. The Hall–Kier alpha value is -2.86. The highest BCUT2D eigenvalue weighted by Gasteiger charge is 2.39. The highest BCUT2D eigenvalue weighted by molar-refractivity contribution is 5.79. The molecule has 0 aromatic heterocycles. The molecule has 4 rings (SSSR count). The minimum absolute atomic E-state index is 0.0251. The average molecular weight is 381 g/mol. The van der Waals surface area contributed by atoms with Crippen LogP contribution in [0.1, 0.15) is 29.9 Å². The Morgan fingerprint density at radius 1 is 1.11 bits per heavy atom. The fraction of sp³-hybridized carbons (Fsp3) is 0.364. The van der Waals surface area contributed by atoms with Crippen molar-refractivity contribution >= 4 is 12.1 Å². The van der Waals surface area contributed by atoms with Crippen LogP contribution in [0.2, 0.25) is 0 Å². The molecule has 2 atom stereocenters. The third kappa shape index (κ3) is 3.14. The Labute approximate surface area is 163 Å². The van der Waals surface area contributed by atoms with E-state index in [-0.39, 0.29) is 12.5 Å². The molecule has 1 fully saturated rings. The van der Waals surface area contributed by atoms with Gasteiger partial charge in [0.25, 0.3) is 0 Å². The van der Waals surface area contributed by atoms with Crippen molar-refractivity contribution in [2.45, 2.75) is 30.9 Å². The summed E-state index contributed by atoms with van der Waals surface area (Å²) in [6.45, 7) is 0.666. The number of hydrogen-bond acceptors (Lipinski definition) is 5. The van der Waals surface area contributed by atoms with Crippen molar-refractivity contribution in [1.29, 1.82) is 0 Å². The highest BCUT2D eigenvalue weighted by Crippen LogP contribution is 2.44. The normalized spacial score (nSPS) is 19.1. The van der Waals surface area contributed by atoms with Crippen LogP contribution in [-0.2, 0) is 14.3 Å². The molecule has 28 heavy (non-hydrogen) atoms. The monoisotopic (exact) mass is 381 g/mol. The Balaban J connectivity index is 1.49. The van der Waals surface area contributed by atoms with Crippen molar-refractivity contribution < 1.29 is 24.2 Å². The molecule has 0 bridgehead atoms. The maximum Gasteiger partial charge on any atom is 0.410 e. The molecule has 0 saturated carbocycles. The van der Waals surface area contributed by atoms with E-state index >= 15 is 0 Å². The van der Waals surface area contributed by atoms with Crippen molar-refractivity contribution in [1.82, 2.24) is 4.90 Å². The van der Waals surface area contributed by atoms with Crippen molar-refractivity contribution in [3.05, 3.63) is 59.7 Å². The minimum Gasteiger partial charge on any atom is -0.467 e. The fourth-order valence-electron chi connectivity index (χ4n) is 4.30. The predicted octanol–water partition coefficient (Wildman–Crippen LogP) is 2.93. The first-order valence-electron chi connectivity index (χ1n) is 9.49. The molecule has 1 heterocycles. The summed E-state index contributed by atoms with van der Waals surface area (Å²) in [5.41, 5.74) is 4.62. The third-order valence-electron chi connectivity index (χ3n) is 5.68. The molecule has 1 saturated heterocycles. The summed E-state index contributed by atoms with van der Waals surface area (Å²) < 4.78 is 10.2. The number of fused-ring (bicyclic) bond motifs is 3. The number of amides is 1.